The highest BCUT2D eigenvalue weighted by Crippen LogP contribution is 2.28. The van der Waals surface area contributed by atoms with Gasteiger partial charge >= 0.3 is 0 Å². The third kappa shape index (κ3) is 4.39. The molecule has 0 aliphatic carbocycles. The summed E-state index contributed by atoms with van der Waals surface area (Å²) in [7, 11) is 3.19. The largest absolute Gasteiger partial charge is 0.493 e. The van der Waals surface area contributed by atoms with Crippen LogP contribution in [0.3, 0.4) is 0 Å². The molecule has 3 rings (SSSR count). The lowest BCUT2D eigenvalue weighted by Gasteiger charge is -2.09. The Labute approximate surface area is 158 Å². The fraction of sp³-hybridized carbons (Fsp3) is 0.333. The summed E-state index contributed by atoms with van der Waals surface area (Å²) in [6, 6.07) is 11.2. The second kappa shape index (κ2) is 8.12. The highest BCUT2D eigenvalue weighted by molar-refractivity contribution is 5.92. The SMILES string of the molecule is COc1ccc(CCC(=O)Nc2ccc3nc(C(C)C)oc3c2)cc1OC. The second-order valence-corrected chi connectivity index (χ2v) is 6.63. The number of benzene rings is 2. The van der Waals surface area contributed by atoms with E-state index in [1.54, 1.807) is 14.2 Å². The number of ether oxygens (including phenoxy) is 2. The molecule has 1 amide bonds. The van der Waals surface area contributed by atoms with E-state index in [0.717, 1.165) is 11.1 Å². The molecule has 0 saturated carbocycles. The maximum absolute atomic E-state index is 12.3. The Hall–Kier alpha value is -3.02. The molecule has 1 N–H and O–H groups in total. The molecule has 142 valence electrons. The summed E-state index contributed by atoms with van der Waals surface area (Å²) in [5.74, 6) is 2.19. The number of rotatable bonds is 7. The van der Waals surface area contributed by atoms with E-state index in [9.17, 15) is 4.79 Å². The van der Waals surface area contributed by atoms with Gasteiger partial charge in [0.05, 0.1) is 14.2 Å². The Balaban J connectivity index is 1.63. The van der Waals surface area contributed by atoms with E-state index in [2.05, 4.69) is 10.3 Å². The Bertz CT molecular complexity index is 947. The van der Waals surface area contributed by atoms with E-state index in [0.29, 0.717) is 41.5 Å². The van der Waals surface area contributed by atoms with E-state index in [1.165, 1.54) is 0 Å². The lowest BCUT2D eigenvalue weighted by Crippen LogP contribution is -2.12. The van der Waals surface area contributed by atoms with Gasteiger partial charge in [-0.25, -0.2) is 4.98 Å². The monoisotopic (exact) mass is 368 g/mol. The summed E-state index contributed by atoms with van der Waals surface area (Å²) >= 11 is 0. The zero-order valence-corrected chi connectivity index (χ0v) is 16.0. The Morgan fingerprint density at radius 2 is 1.89 bits per heavy atom. The highest BCUT2D eigenvalue weighted by Gasteiger charge is 2.11. The molecule has 0 saturated heterocycles. The topological polar surface area (TPSA) is 73.6 Å². The van der Waals surface area contributed by atoms with Crippen LogP contribution in [0, 0.1) is 0 Å². The number of aryl methyl sites for hydroxylation is 1. The van der Waals surface area contributed by atoms with Gasteiger partial charge in [-0.3, -0.25) is 4.79 Å². The molecule has 1 aromatic heterocycles. The van der Waals surface area contributed by atoms with Crippen LogP contribution in [0.5, 0.6) is 11.5 Å². The van der Waals surface area contributed by atoms with E-state index >= 15 is 0 Å². The number of methoxy groups -OCH3 is 2. The predicted octanol–water partition coefficient (Wildman–Crippen LogP) is 4.54. The highest BCUT2D eigenvalue weighted by atomic mass is 16.5. The minimum atomic E-state index is -0.0623. The molecule has 0 atom stereocenters. The number of nitrogens with one attached hydrogen (secondary N) is 1. The molecule has 1 heterocycles. The number of carbonyl (C=O) groups excluding carboxylic acids is 1. The summed E-state index contributed by atoms with van der Waals surface area (Å²) in [5.41, 5.74) is 3.18. The van der Waals surface area contributed by atoms with Gasteiger partial charge in [-0.05, 0) is 36.2 Å². The van der Waals surface area contributed by atoms with E-state index in [1.807, 2.05) is 50.2 Å². The summed E-state index contributed by atoms with van der Waals surface area (Å²) in [6.07, 6.45) is 0.968. The van der Waals surface area contributed by atoms with Crippen molar-refractivity contribution in [3.05, 3.63) is 47.9 Å². The van der Waals surface area contributed by atoms with E-state index < -0.39 is 0 Å². The quantitative estimate of drug-likeness (QED) is 0.663. The molecular formula is C21H24N2O4. The minimum Gasteiger partial charge on any atom is -0.493 e. The summed E-state index contributed by atoms with van der Waals surface area (Å²) in [6.45, 7) is 4.06. The molecule has 0 bridgehead atoms. The van der Waals surface area contributed by atoms with Crippen molar-refractivity contribution < 1.29 is 18.7 Å². The average Bonchev–Trinajstić information content (AvgIpc) is 3.10. The van der Waals surface area contributed by atoms with Crippen molar-refractivity contribution in [3.8, 4) is 11.5 Å². The van der Waals surface area contributed by atoms with Gasteiger partial charge in [0.2, 0.25) is 5.91 Å². The van der Waals surface area contributed by atoms with Crippen LogP contribution in [-0.4, -0.2) is 25.1 Å². The zero-order valence-electron chi connectivity index (χ0n) is 16.0. The summed E-state index contributed by atoms with van der Waals surface area (Å²) in [5, 5.41) is 2.91. The van der Waals surface area contributed by atoms with E-state index in [-0.39, 0.29) is 11.8 Å². The zero-order chi connectivity index (χ0) is 19.4. The summed E-state index contributed by atoms with van der Waals surface area (Å²) in [4.78, 5) is 16.7. The number of hydrogen-bond acceptors (Lipinski definition) is 5. The molecule has 0 aliphatic rings. The Morgan fingerprint density at radius 3 is 2.59 bits per heavy atom. The second-order valence-electron chi connectivity index (χ2n) is 6.63. The number of carbonyl (C=O) groups is 1. The van der Waals surface area contributed by atoms with Crippen LogP contribution in [0.4, 0.5) is 5.69 Å². The van der Waals surface area contributed by atoms with Gasteiger partial charge < -0.3 is 19.2 Å². The number of nitrogens with zero attached hydrogens (tertiary/aromatic N) is 1. The van der Waals surface area contributed by atoms with Crippen LogP contribution in [0.25, 0.3) is 11.1 Å². The van der Waals surface area contributed by atoms with Crippen LogP contribution in [-0.2, 0) is 11.2 Å². The van der Waals surface area contributed by atoms with Crippen LogP contribution < -0.4 is 14.8 Å². The van der Waals surface area contributed by atoms with Crippen molar-refractivity contribution >= 4 is 22.7 Å². The van der Waals surface area contributed by atoms with Crippen LogP contribution in [0.1, 0.15) is 37.6 Å². The number of anilines is 1. The van der Waals surface area contributed by atoms with E-state index in [4.69, 9.17) is 13.9 Å². The first kappa shape index (κ1) is 18.8. The number of oxazole rings is 1. The lowest BCUT2D eigenvalue weighted by molar-refractivity contribution is -0.116. The maximum atomic E-state index is 12.3. The molecule has 0 fully saturated rings. The van der Waals surface area contributed by atoms with Gasteiger partial charge in [0, 0.05) is 24.1 Å². The molecule has 0 aliphatic heterocycles. The van der Waals surface area contributed by atoms with Crippen LogP contribution in [0.15, 0.2) is 40.8 Å². The molecule has 27 heavy (non-hydrogen) atoms. The van der Waals surface area contributed by atoms with Gasteiger partial charge in [-0.15, -0.1) is 0 Å². The van der Waals surface area contributed by atoms with Crippen molar-refractivity contribution in [3.63, 3.8) is 0 Å². The molecule has 3 aromatic rings. The van der Waals surface area contributed by atoms with Crippen LogP contribution >= 0.6 is 0 Å². The average molecular weight is 368 g/mol. The van der Waals surface area contributed by atoms with Gasteiger partial charge in [0.25, 0.3) is 0 Å². The van der Waals surface area contributed by atoms with Gasteiger partial charge in [-0.2, -0.15) is 0 Å². The first-order chi connectivity index (χ1) is 13.0. The van der Waals surface area contributed by atoms with Gasteiger partial charge in [-0.1, -0.05) is 19.9 Å². The first-order valence-corrected chi connectivity index (χ1v) is 8.91. The fourth-order valence-corrected chi connectivity index (χ4v) is 2.78. The maximum Gasteiger partial charge on any atom is 0.224 e. The van der Waals surface area contributed by atoms with Crippen molar-refractivity contribution in [2.75, 3.05) is 19.5 Å². The molecular weight excluding hydrogens is 344 g/mol. The normalized spacial score (nSPS) is 11.0. The van der Waals surface area contributed by atoms with Crippen molar-refractivity contribution in [1.29, 1.82) is 0 Å². The Kier molecular flexibility index (Phi) is 5.64. The molecule has 0 spiro atoms. The van der Waals surface area contributed by atoms with Gasteiger partial charge in [0.15, 0.2) is 23.0 Å². The Morgan fingerprint density at radius 1 is 1.11 bits per heavy atom. The van der Waals surface area contributed by atoms with Crippen molar-refractivity contribution in [1.82, 2.24) is 4.98 Å². The molecule has 6 nitrogen and oxygen atoms in total. The number of aromatic nitrogens is 1. The smallest absolute Gasteiger partial charge is 0.224 e. The third-order valence-corrected chi connectivity index (χ3v) is 4.27. The fourth-order valence-electron chi connectivity index (χ4n) is 2.78. The molecule has 2 aromatic carbocycles. The predicted molar refractivity (Wildman–Crippen MR) is 105 cm³/mol. The minimum absolute atomic E-state index is 0.0623. The standard InChI is InChI=1S/C21H24N2O4/c1-13(2)21-23-16-8-7-15(12-18(16)27-21)22-20(24)10-6-14-5-9-17(25-3)19(11-14)26-4/h5,7-9,11-13H,6,10H2,1-4H3,(H,22,24). The lowest BCUT2D eigenvalue weighted by atomic mass is 10.1. The first-order valence-electron chi connectivity index (χ1n) is 8.91. The number of hydrogen-bond donors (Lipinski definition) is 1. The van der Waals surface area contributed by atoms with Gasteiger partial charge in [0.1, 0.15) is 5.52 Å². The third-order valence-electron chi connectivity index (χ3n) is 4.27. The molecule has 0 unspecified atom stereocenters. The van der Waals surface area contributed by atoms with Crippen molar-refractivity contribution in [2.24, 2.45) is 0 Å². The molecule has 0 radical (unpaired) electrons. The van der Waals surface area contributed by atoms with Crippen molar-refractivity contribution in [2.45, 2.75) is 32.6 Å². The van der Waals surface area contributed by atoms with Crippen LogP contribution in [0.2, 0.25) is 0 Å². The number of amides is 1. The molecule has 6 heteroatoms. The number of fused-ring (bicyclic) bond motifs is 1. The summed E-state index contributed by atoms with van der Waals surface area (Å²) < 4.78 is 16.3.